The van der Waals surface area contributed by atoms with Crippen molar-refractivity contribution in [3.63, 3.8) is 0 Å². The average molecular weight is 564 g/mol. The Morgan fingerprint density at radius 1 is 1.00 bits per heavy atom. The van der Waals surface area contributed by atoms with Crippen LogP contribution < -0.4 is 0 Å². The number of hydrogen-bond donors (Lipinski definition) is 1. The molecule has 2 aliphatic carbocycles. The Labute approximate surface area is 230 Å². The van der Waals surface area contributed by atoms with Crippen LogP contribution >= 0.6 is 0 Å². The number of fused-ring (bicyclic) bond motifs is 3. The van der Waals surface area contributed by atoms with Crippen LogP contribution in [0.5, 0.6) is 0 Å². The van der Waals surface area contributed by atoms with Gasteiger partial charge in [-0.05, 0) is 92.7 Å². The van der Waals surface area contributed by atoms with Crippen LogP contribution in [0, 0.1) is 17.2 Å². The predicted molar refractivity (Wildman–Crippen MR) is 139 cm³/mol. The van der Waals surface area contributed by atoms with Gasteiger partial charge in [-0.2, -0.15) is 13.2 Å². The molecule has 9 heteroatoms. The lowest BCUT2D eigenvalue weighted by molar-refractivity contribution is -0.228. The zero-order chi connectivity index (χ0) is 29.1. The largest absolute Gasteiger partial charge is 0.481 e. The minimum absolute atomic E-state index is 0.0178. The first-order chi connectivity index (χ1) is 18.7. The number of carboxylic acid groups (broad SMARTS) is 1. The first-order valence-corrected chi connectivity index (χ1v) is 13.9. The van der Waals surface area contributed by atoms with E-state index in [-0.39, 0.29) is 17.8 Å². The van der Waals surface area contributed by atoms with E-state index in [9.17, 15) is 36.6 Å². The zero-order valence-corrected chi connectivity index (χ0v) is 22.7. The molecule has 3 atom stereocenters. The van der Waals surface area contributed by atoms with Gasteiger partial charge in [0.1, 0.15) is 5.82 Å². The first-order valence-electron chi connectivity index (χ1n) is 13.9. The lowest BCUT2D eigenvalue weighted by atomic mass is 9.63. The standard InChI is InChI=1S/C31H34F5NO3/c1-28(13-11-20(12-14-28)26(38)39)27(40)37-16-15-30(18-19-3-7-23(32)8-4-19)24-9-6-22(29(2,33)31(34,35)36)17-21(24)5-10-25(30)37/h3-4,6-9,17,20,25H,5,10-16,18H2,1-2H3,(H,38,39)/t20-,25-,28-,29?,30-/m1/s1. The van der Waals surface area contributed by atoms with E-state index < -0.39 is 40.1 Å². The molecule has 216 valence electrons. The highest BCUT2D eigenvalue weighted by molar-refractivity contribution is 5.84. The maximum absolute atomic E-state index is 14.9. The summed E-state index contributed by atoms with van der Waals surface area (Å²) in [7, 11) is 0. The summed E-state index contributed by atoms with van der Waals surface area (Å²) in [5.41, 5.74) is -2.95. The van der Waals surface area contributed by atoms with Gasteiger partial charge in [0.2, 0.25) is 11.6 Å². The van der Waals surface area contributed by atoms with Crippen LogP contribution in [0.4, 0.5) is 22.0 Å². The van der Waals surface area contributed by atoms with Gasteiger partial charge in [-0.1, -0.05) is 37.3 Å². The van der Waals surface area contributed by atoms with E-state index in [0.717, 1.165) is 11.1 Å². The summed E-state index contributed by atoms with van der Waals surface area (Å²) in [5, 5.41) is 9.41. The SMILES string of the molecule is CC(F)(c1ccc2c(c1)CC[C@H]1N(C(=O)[C@]3(C)CC[C@@H](C(=O)O)CC3)CC[C@@]21Cc1ccc(F)cc1)C(F)(F)F. The van der Waals surface area contributed by atoms with E-state index in [4.69, 9.17) is 0 Å². The number of alkyl halides is 4. The normalized spacial score (nSPS) is 29.8. The highest BCUT2D eigenvalue weighted by Crippen LogP contribution is 2.52. The number of amides is 1. The topological polar surface area (TPSA) is 57.6 Å². The van der Waals surface area contributed by atoms with Gasteiger partial charge >= 0.3 is 12.1 Å². The summed E-state index contributed by atoms with van der Waals surface area (Å²) in [4.78, 5) is 27.4. The van der Waals surface area contributed by atoms with Gasteiger partial charge in [-0.25, -0.2) is 8.78 Å². The van der Waals surface area contributed by atoms with Gasteiger partial charge in [-0.15, -0.1) is 0 Å². The molecule has 2 aromatic carbocycles. The molecule has 1 saturated heterocycles. The third kappa shape index (κ3) is 4.69. The van der Waals surface area contributed by atoms with Gasteiger partial charge in [-0.3, -0.25) is 9.59 Å². The Kier molecular flexibility index (Phi) is 7.02. The fraction of sp³-hybridized carbons (Fsp3) is 0.548. The van der Waals surface area contributed by atoms with Crippen molar-refractivity contribution in [2.75, 3.05) is 6.54 Å². The van der Waals surface area contributed by atoms with Crippen LogP contribution in [0.3, 0.4) is 0 Å². The highest BCUT2D eigenvalue weighted by atomic mass is 19.4. The molecule has 2 fully saturated rings. The molecule has 40 heavy (non-hydrogen) atoms. The molecule has 0 aromatic heterocycles. The van der Waals surface area contributed by atoms with Crippen molar-refractivity contribution in [1.29, 1.82) is 0 Å². The molecule has 3 aliphatic rings. The lowest BCUT2D eigenvalue weighted by Gasteiger charge is -2.46. The molecule has 1 amide bonds. The molecule has 1 N–H and O–H groups in total. The molecular formula is C31H34F5NO3. The number of hydrogen-bond acceptors (Lipinski definition) is 2. The third-order valence-electron chi connectivity index (χ3n) is 9.86. The Hall–Kier alpha value is -2.97. The van der Waals surface area contributed by atoms with Crippen LogP contribution in [0.15, 0.2) is 42.5 Å². The zero-order valence-electron chi connectivity index (χ0n) is 22.7. The summed E-state index contributed by atoms with van der Waals surface area (Å²) >= 11 is 0. The van der Waals surface area contributed by atoms with E-state index in [1.807, 2.05) is 11.8 Å². The number of aryl methyl sites for hydroxylation is 1. The fourth-order valence-corrected chi connectivity index (χ4v) is 7.29. The van der Waals surface area contributed by atoms with Crippen LogP contribution in [-0.2, 0) is 33.5 Å². The number of halogens is 5. The number of likely N-dealkylation sites (tertiary alicyclic amines) is 1. The van der Waals surface area contributed by atoms with Crippen LogP contribution in [0.2, 0.25) is 0 Å². The monoisotopic (exact) mass is 563 g/mol. The molecule has 2 aromatic rings. The number of nitrogens with zero attached hydrogens (tertiary/aromatic N) is 1. The van der Waals surface area contributed by atoms with Crippen molar-refractivity contribution < 1.29 is 36.6 Å². The van der Waals surface area contributed by atoms with E-state index in [0.29, 0.717) is 70.4 Å². The number of carbonyl (C=O) groups is 2. The summed E-state index contributed by atoms with van der Waals surface area (Å²) in [6, 6.07) is 9.99. The molecule has 1 unspecified atom stereocenters. The first kappa shape index (κ1) is 28.6. The fourth-order valence-electron chi connectivity index (χ4n) is 7.29. The molecule has 1 heterocycles. The Balaban J connectivity index is 1.52. The second-order valence-corrected chi connectivity index (χ2v) is 12.3. The predicted octanol–water partition coefficient (Wildman–Crippen LogP) is 6.88. The van der Waals surface area contributed by atoms with Crippen molar-refractivity contribution in [2.45, 2.75) is 88.5 Å². The van der Waals surface area contributed by atoms with Gasteiger partial charge in [0.25, 0.3) is 0 Å². The van der Waals surface area contributed by atoms with Crippen molar-refractivity contribution in [3.8, 4) is 0 Å². The molecule has 0 radical (unpaired) electrons. The lowest BCUT2D eigenvalue weighted by Crippen LogP contribution is -2.53. The third-order valence-corrected chi connectivity index (χ3v) is 9.86. The average Bonchev–Trinajstić information content (AvgIpc) is 3.28. The van der Waals surface area contributed by atoms with Crippen molar-refractivity contribution in [3.05, 3.63) is 70.5 Å². The number of aliphatic carboxylic acids is 1. The number of benzene rings is 2. The summed E-state index contributed by atoms with van der Waals surface area (Å²) < 4.78 is 69.1. The van der Waals surface area contributed by atoms with Gasteiger partial charge < -0.3 is 10.0 Å². The van der Waals surface area contributed by atoms with Crippen LogP contribution in [0.1, 0.15) is 74.6 Å². The van der Waals surface area contributed by atoms with Gasteiger partial charge in [0.05, 0.1) is 5.92 Å². The Morgan fingerprint density at radius 3 is 2.25 bits per heavy atom. The molecule has 1 aliphatic heterocycles. The van der Waals surface area contributed by atoms with Crippen LogP contribution in [-0.4, -0.2) is 40.6 Å². The molecule has 4 nitrogen and oxygen atoms in total. The highest BCUT2D eigenvalue weighted by Gasteiger charge is 2.57. The van der Waals surface area contributed by atoms with Gasteiger partial charge in [0.15, 0.2) is 0 Å². The maximum Gasteiger partial charge on any atom is 0.426 e. The Morgan fingerprint density at radius 2 is 1.65 bits per heavy atom. The van der Waals surface area contributed by atoms with Crippen molar-refractivity contribution in [2.24, 2.45) is 11.3 Å². The summed E-state index contributed by atoms with van der Waals surface area (Å²) in [5.74, 6) is -1.69. The van der Waals surface area contributed by atoms with E-state index in [1.54, 1.807) is 18.2 Å². The Bertz CT molecular complexity index is 1300. The minimum Gasteiger partial charge on any atom is -0.481 e. The van der Waals surface area contributed by atoms with Crippen molar-refractivity contribution >= 4 is 11.9 Å². The summed E-state index contributed by atoms with van der Waals surface area (Å²) in [6.45, 7) is 2.88. The molecule has 1 saturated carbocycles. The quantitative estimate of drug-likeness (QED) is 0.404. The van der Waals surface area contributed by atoms with Crippen LogP contribution in [0.25, 0.3) is 0 Å². The second-order valence-electron chi connectivity index (χ2n) is 12.3. The van der Waals surface area contributed by atoms with E-state index in [2.05, 4.69) is 0 Å². The maximum atomic E-state index is 14.9. The smallest absolute Gasteiger partial charge is 0.426 e. The van der Waals surface area contributed by atoms with E-state index >= 15 is 0 Å². The molecule has 0 spiro atoms. The number of rotatable bonds is 5. The number of carbonyl (C=O) groups excluding carboxylic acids is 1. The molecule has 5 rings (SSSR count). The minimum atomic E-state index is -5.06. The van der Waals surface area contributed by atoms with Gasteiger partial charge in [0, 0.05) is 23.4 Å². The number of carboxylic acids is 1. The second kappa shape index (κ2) is 9.84. The summed E-state index contributed by atoms with van der Waals surface area (Å²) in [6.07, 6.45) is -1.32. The molecular weight excluding hydrogens is 529 g/mol. The van der Waals surface area contributed by atoms with Crippen molar-refractivity contribution in [1.82, 2.24) is 4.90 Å². The molecule has 0 bridgehead atoms. The van der Waals surface area contributed by atoms with E-state index in [1.165, 1.54) is 24.3 Å².